The molecule has 110 valence electrons. The Bertz CT molecular complexity index is 430. The lowest BCUT2D eigenvalue weighted by Crippen LogP contribution is -2.32. The number of amides is 1. The minimum Gasteiger partial charge on any atom is -0.497 e. The Morgan fingerprint density at radius 2 is 2.00 bits per heavy atom. The Kier molecular flexibility index (Phi) is 5.73. The van der Waals surface area contributed by atoms with Crippen LogP contribution in [0.3, 0.4) is 0 Å². The highest BCUT2D eigenvalue weighted by molar-refractivity contribution is 8.00. The number of hydrogen-bond donors (Lipinski definition) is 1. The molecule has 1 aliphatic heterocycles. The van der Waals surface area contributed by atoms with Crippen molar-refractivity contribution in [3.05, 3.63) is 24.3 Å². The molecule has 1 aliphatic rings. The van der Waals surface area contributed by atoms with Gasteiger partial charge in [-0.3, -0.25) is 4.79 Å². The highest BCUT2D eigenvalue weighted by Crippen LogP contribution is 2.22. The molecule has 0 spiro atoms. The molecular formula is C15H22N2O2S. The number of rotatable bonds is 5. The minimum absolute atomic E-state index is 0.152. The molecule has 0 radical (unpaired) electrons. The van der Waals surface area contributed by atoms with Crippen molar-refractivity contribution >= 4 is 23.4 Å². The first-order chi connectivity index (χ1) is 9.70. The Morgan fingerprint density at radius 3 is 2.60 bits per heavy atom. The van der Waals surface area contributed by atoms with Crippen LogP contribution in [-0.2, 0) is 4.79 Å². The van der Waals surface area contributed by atoms with Crippen LogP contribution in [0.2, 0.25) is 0 Å². The Balaban J connectivity index is 1.83. The zero-order chi connectivity index (χ0) is 14.4. The molecule has 1 heterocycles. The first-order valence-electron chi connectivity index (χ1n) is 6.93. The van der Waals surface area contributed by atoms with Crippen molar-refractivity contribution in [2.45, 2.75) is 18.1 Å². The lowest BCUT2D eigenvalue weighted by atomic mass is 10.2. The third kappa shape index (κ3) is 4.15. The Labute approximate surface area is 124 Å². The van der Waals surface area contributed by atoms with Crippen molar-refractivity contribution in [2.75, 3.05) is 37.9 Å². The van der Waals surface area contributed by atoms with Gasteiger partial charge in [0.05, 0.1) is 12.9 Å². The summed E-state index contributed by atoms with van der Waals surface area (Å²) in [5.41, 5.74) is 0.904. The monoisotopic (exact) mass is 294 g/mol. The fourth-order valence-electron chi connectivity index (χ4n) is 2.20. The zero-order valence-electron chi connectivity index (χ0n) is 12.1. The number of hydrogen-bond acceptors (Lipinski definition) is 4. The van der Waals surface area contributed by atoms with E-state index in [1.54, 1.807) is 23.8 Å². The summed E-state index contributed by atoms with van der Waals surface area (Å²) in [6, 6.07) is 7.57. The van der Waals surface area contributed by atoms with Crippen LogP contribution in [0.4, 0.5) is 5.69 Å². The van der Waals surface area contributed by atoms with Gasteiger partial charge in [0.25, 0.3) is 0 Å². The second-order valence-corrected chi connectivity index (χ2v) is 6.20. The van der Waals surface area contributed by atoms with Gasteiger partial charge in [0, 0.05) is 18.0 Å². The molecule has 0 saturated carbocycles. The van der Waals surface area contributed by atoms with Crippen molar-refractivity contribution < 1.29 is 9.53 Å². The highest BCUT2D eigenvalue weighted by Gasteiger charge is 2.17. The van der Waals surface area contributed by atoms with Gasteiger partial charge in [-0.2, -0.15) is 0 Å². The van der Waals surface area contributed by atoms with Crippen LogP contribution in [0.15, 0.2) is 24.3 Å². The van der Waals surface area contributed by atoms with E-state index in [2.05, 4.69) is 5.32 Å². The number of carbonyl (C=O) groups is 1. The van der Waals surface area contributed by atoms with Gasteiger partial charge in [-0.25, -0.2) is 0 Å². The van der Waals surface area contributed by atoms with Crippen LogP contribution >= 0.6 is 11.8 Å². The van der Waals surface area contributed by atoms with E-state index in [0.717, 1.165) is 37.4 Å². The third-order valence-corrected chi connectivity index (χ3v) is 4.92. The fourth-order valence-corrected chi connectivity index (χ4v) is 3.34. The number of piperidine rings is 1. The predicted octanol–water partition coefficient (Wildman–Crippen LogP) is 2.14. The van der Waals surface area contributed by atoms with Crippen LogP contribution in [0.1, 0.15) is 12.8 Å². The average molecular weight is 294 g/mol. The summed E-state index contributed by atoms with van der Waals surface area (Å²) in [7, 11) is 3.46. The van der Waals surface area contributed by atoms with Gasteiger partial charge in [-0.05, 0) is 50.2 Å². The molecule has 2 rings (SSSR count). The zero-order valence-corrected chi connectivity index (χ0v) is 12.9. The van der Waals surface area contributed by atoms with E-state index in [-0.39, 0.29) is 5.91 Å². The molecule has 1 fully saturated rings. The summed E-state index contributed by atoms with van der Waals surface area (Å²) in [6.45, 7) is 2.14. The van der Waals surface area contributed by atoms with Crippen LogP contribution in [-0.4, -0.2) is 44.2 Å². The molecule has 1 amide bonds. The molecule has 1 saturated heterocycles. The van der Waals surface area contributed by atoms with E-state index < -0.39 is 0 Å². The molecular weight excluding hydrogens is 272 g/mol. The van der Waals surface area contributed by atoms with Gasteiger partial charge >= 0.3 is 0 Å². The van der Waals surface area contributed by atoms with E-state index in [1.165, 1.54) is 0 Å². The number of carbonyl (C=O) groups excluding carboxylic acids is 1. The van der Waals surface area contributed by atoms with Crippen molar-refractivity contribution in [3.8, 4) is 5.75 Å². The molecule has 0 aromatic heterocycles. The van der Waals surface area contributed by atoms with Crippen molar-refractivity contribution in [2.24, 2.45) is 0 Å². The first-order valence-corrected chi connectivity index (χ1v) is 7.98. The highest BCUT2D eigenvalue weighted by atomic mass is 32.2. The lowest BCUT2D eigenvalue weighted by Gasteiger charge is -2.23. The predicted molar refractivity (Wildman–Crippen MR) is 84.8 cm³/mol. The van der Waals surface area contributed by atoms with Crippen molar-refractivity contribution in [1.82, 2.24) is 5.32 Å². The van der Waals surface area contributed by atoms with Gasteiger partial charge in [-0.1, -0.05) is 0 Å². The lowest BCUT2D eigenvalue weighted by molar-refractivity contribution is -0.115. The molecule has 1 aromatic carbocycles. The third-order valence-electron chi connectivity index (χ3n) is 3.56. The smallest absolute Gasteiger partial charge is 0.236 e. The summed E-state index contributed by atoms with van der Waals surface area (Å²) in [6.07, 6.45) is 2.31. The standard InChI is InChI=1S/C15H22N2O2S/c1-17(12-3-5-13(19-2)6-4-12)15(18)11-20-14-7-9-16-10-8-14/h3-6,14,16H,7-11H2,1-2H3. The van der Waals surface area contributed by atoms with Crippen molar-refractivity contribution in [3.63, 3.8) is 0 Å². The number of methoxy groups -OCH3 is 1. The Hall–Kier alpha value is -1.20. The summed E-state index contributed by atoms with van der Waals surface area (Å²) < 4.78 is 5.12. The molecule has 1 N–H and O–H groups in total. The second kappa shape index (κ2) is 7.55. The van der Waals surface area contributed by atoms with Gasteiger partial charge in [0.15, 0.2) is 0 Å². The normalized spacial score (nSPS) is 15.9. The molecule has 0 bridgehead atoms. The minimum atomic E-state index is 0.152. The largest absolute Gasteiger partial charge is 0.497 e. The van der Waals surface area contributed by atoms with E-state index in [0.29, 0.717) is 11.0 Å². The molecule has 4 nitrogen and oxygen atoms in total. The average Bonchev–Trinajstić information content (AvgIpc) is 2.53. The van der Waals surface area contributed by atoms with Gasteiger partial charge in [0.2, 0.25) is 5.91 Å². The molecule has 0 unspecified atom stereocenters. The van der Waals surface area contributed by atoms with E-state index in [1.807, 2.05) is 31.3 Å². The number of thioether (sulfide) groups is 1. The maximum Gasteiger partial charge on any atom is 0.236 e. The molecule has 5 heteroatoms. The fraction of sp³-hybridized carbons (Fsp3) is 0.533. The second-order valence-electron chi connectivity index (χ2n) is 4.91. The summed E-state index contributed by atoms with van der Waals surface area (Å²) >= 11 is 1.78. The molecule has 20 heavy (non-hydrogen) atoms. The van der Waals surface area contributed by atoms with Crippen LogP contribution in [0.25, 0.3) is 0 Å². The van der Waals surface area contributed by atoms with Gasteiger partial charge in [-0.15, -0.1) is 11.8 Å². The van der Waals surface area contributed by atoms with E-state index in [4.69, 9.17) is 4.74 Å². The van der Waals surface area contributed by atoms with Gasteiger partial charge < -0.3 is 15.0 Å². The summed E-state index contributed by atoms with van der Waals surface area (Å²) in [4.78, 5) is 13.9. The number of nitrogens with one attached hydrogen (secondary N) is 1. The van der Waals surface area contributed by atoms with Crippen LogP contribution in [0.5, 0.6) is 5.75 Å². The maximum atomic E-state index is 12.2. The van der Waals surface area contributed by atoms with Gasteiger partial charge in [0.1, 0.15) is 5.75 Å². The molecule has 1 aromatic rings. The summed E-state index contributed by atoms with van der Waals surface area (Å²) in [5.74, 6) is 1.50. The maximum absolute atomic E-state index is 12.2. The van der Waals surface area contributed by atoms with Crippen LogP contribution in [0, 0.1) is 0 Å². The van der Waals surface area contributed by atoms with Crippen LogP contribution < -0.4 is 15.0 Å². The van der Waals surface area contributed by atoms with E-state index in [9.17, 15) is 4.79 Å². The van der Waals surface area contributed by atoms with Crippen molar-refractivity contribution in [1.29, 1.82) is 0 Å². The number of nitrogens with zero attached hydrogens (tertiary/aromatic N) is 1. The number of benzene rings is 1. The first kappa shape index (κ1) is 15.2. The Morgan fingerprint density at radius 1 is 1.35 bits per heavy atom. The molecule has 0 atom stereocenters. The summed E-state index contributed by atoms with van der Waals surface area (Å²) in [5, 5.41) is 3.96. The number of ether oxygens (including phenoxy) is 1. The number of anilines is 1. The van der Waals surface area contributed by atoms with E-state index >= 15 is 0 Å². The topological polar surface area (TPSA) is 41.6 Å². The SMILES string of the molecule is COc1ccc(N(C)C(=O)CSC2CCNCC2)cc1. The quantitative estimate of drug-likeness (QED) is 0.903. The molecule has 0 aliphatic carbocycles.